The Labute approximate surface area is 164 Å². The van der Waals surface area contributed by atoms with Crippen molar-refractivity contribution in [1.82, 2.24) is 0 Å². The molecule has 1 aliphatic rings. The predicted octanol–water partition coefficient (Wildman–Crippen LogP) is 6.02. The molecule has 1 N–H and O–H groups in total. The summed E-state index contributed by atoms with van der Waals surface area (Å²) in [6, 6.07) is 13.8. The first-order chi connectivity index (χ1) is 12.5. The standard InChI is InChI=1S/C21H22Cl2N2O/c1-15-4-2-3-13-25(15)19-10-8-18(9-11-19)24-21(26)12-6-16-5-7-17(22)14-20(16)23/h5-12,14-15H,2-4,13H2,1H3,(H,24,26)/b12-6+/t15-/m1/s1. The molecule has 1 aliphatic heterocycles. The molecule has 0 spiro atoms. The van der Waals surface area contributed by atoms with Crippen LogP contribution in [-0.4, -0.2) is 18.5 Å². The van der Waals surface area contributed by atoms with Crippen molar-refractivity contribution >= 4 is 46.6 Å². The average Bonchev–Trinajstić information content (AvgIpc) is 2.62. The Kier molecular flexibility index (Phi) is 6.23. The fraction of sp³-hybridized carbons (Fsp3) is 0.286. The van der Waals surface area contributed by atoms with Gasteiger partial charge in [-0.15, -0.1) is 0 Å². The van der Waals surface area contributed by atoms with Gasteiger partial charge in [0.1, 0.15) is 0 Å². The summed E-state index contributed by atoms with van der Waals surface area (Å²) in [6.07, 6.45) is 6.92. The molecule has 0 saturated carbocycles. The van der Waals surface area contributed by atoms with Crippen LogP contribution in [0.25, 0.3) is 6.08 Å². The number of halogens is 2. The van der Waals surface area contributed by atoms with Crippen molar-refractivity contribution in [3.05, 3.63) is 64.1 Å². The molecule has 0 bridgehead atoms. The molecule has 2 aromatic carbocycles. The van der Waals surface area contributed by atoms with E-state index >= 15 is 0 Å². The van der Waals surface area contributed by atoms with Gasteiger partial charge in [0, 0.05) is 40.1 Å². The molecule has 136 valence electrons. The maximum Gasteiger partial charge on any atom is 0.248 e. The van der Waals surface area contributed by atoms with Crippen LogP contribution in [0.15, 0.2) is 48.5 Å². The molecule has 26 heavy (non-hydrogen) atoms. The van der Waals surface area contributed by atoms with Gasteiger partial charge in [-0.1, -0.05) is 29.3 Å². The molecular formula is C21H22Cl2N2O. The van der Waals surface area contributed by atoms with Crippen LogP contribution in [0, 0.1) is 0 Å². The minimum absolute atomic E-state index is 0.199. The summed E-state index contributed by atoms with van der Waals surface area (Å²) in [5.41, 5.74) is 2.73. The maximum atomic E-state index is 12.1. The van der Waals surface area contributed by atoms with Crippen molar-refractivity contribution in [2.45, 2.75) is 32.2 Å². The zero-order valence-corrected chi connectivity index (χ0v) is 16.2. The van der Waals surface area contributed by atoms with Gasteiger partial charge in [-0.25, -0.2) is 0 Å². The largest absolute Gasteiger partial charge is 0.369 e. The van der Waals surface area contributed by atoms with Crippen molar-refractivity contribution < 1.29 is 4.79 Å². The summed E-state index contributed by atoms with van der Waals surface area (Å²) < 4.78 is 0. The number of amides is 1. The van der Waals surface area contributed by atoms with Crippen LogP contribution in [0.2, 0.25) is 10.0 Å². The Morgan fingerprint density at radius 2 is 1.92 bits per heavy atom. The van der Waals surface area contributed by atoms with Crippen molar-refractivity contribution in [1.29, 1.82) is 0 Å². The van der Waals surface area contributed by atoms with E-state index in [4.69, 9.17) is 23.2 Å². The van der Waals surface area contributed by atoms with E-state index in [2.05, 4.69) is 29.3 Å². The molecule has 1 saturated heterocycles. The Bertz CT molecular complexity index is 802. The lowest BCUT2D eigenvalue weighted by Crippen LogP contribution is -2.37. The number of piperidine rings is 1. The third-order valence-electron chi connectivity index (χ3n) is 4.65. The Morgan fingerprint density at radius 3 is 2.62 bits per heavy atom. The Morgan fingerprint density at radius 1 is 1.15 bits per heavy atom. The van der Waals surface area contributed by atoms with Gasteiger partial charge in [0.15, 0.2) is 0 Å². The third-order valence-corrected chi connectivity index (χ3v) is 5.21. The molecule has 3 rings (SSSR count). The van der Waals surface area contributed by atoms with Gasteiger partial charge in [0.2, 0.25) is 5.91 Å². The summed E-state index contributed by atoms with van der Waals surface area (Å²) in [5.74, 6) is -0.199. The minimum atomic E-state index is -0.199. The van der Waals surface area contributed by atoms with Crippen molar-refractivity contribution in [3.63, 3.8) is 0 Å². The molecule has 0 unspecified atom stereocenters. The quantitative estimate of drug-likeness (QED) is 0.648. The van der Waals surface area contributed by atoms with Gasteiger partial charge >= 0.3 is 0 Å². The summed E-state index contributed by atoms with van der Waals surface area (Å²) in [7, 11) is 0. The number of benzene rings is 2. The van der Waals surface area contributed by atoms with Crippen LogP contribution in [0.5, 0.6) is 0 Å². The van der Waals surface area contributed by atoms with E-state index in [-0.39, 0.29) is 5.91 Å². The first-order valence-electron chi connectivity index (χ1n) is 8.84. The summed E-state index contributed by atoms with van der Waals surface area (Å²) >= 11 is 12.0. The molecule has 5 heteroatoms. The average molecular weight is 389 g/mol. The monoisotopic (exact) mass is 388 g/mol. The number of carbonyl (C=O) groups is 1. The van der Waals surface area contributed by atoms with Gasteiger partial charge in [0.05, 0.1) is 0 Å². The van der Waals surface area contributed by atoms with Gasteiger partial charge in [-0.3, -0.25) is 4.79 Å². The second kappa shape index (κ2) is 8.61. The second-order valence-electron chi connectivity index (χ2n) is 6.57. The van der Waals surface area contributed by atoms with E-state index in [0.717, 1.165) is 17.8 Å². The highest BCUT2D eigenvalue weighted by Crippen LogP contribution is 2.26. The maximum absolute atomic E-state index is 12.1. The van der Waals surface area contributed by atoms with Gasteiger partial charge < -0.3 is 10.2 Å². The predicted molar refractivity (Wildman–Crippen MR) is 111 cm³/mol. The van der Waals surface area contributed by atoms with Crippen LogP contribution in [0.3, 0.4) is 0 Å². The van der Waals surface area contributed by atoms with E-state index in [9.17, 15) is 4.79 Å². The zero-order chi connectivity index (χ0) is 18.5. The Hall–Kier alpha value is -1.97. The topological polar surface area (TPSA) is 32.3 Å². The molecule has 1 atom stereocenters. The number of carbonyl (C=O) groups excluding carboxylic acids is 1. The SMILES string of the molecule is C[C@@H]1CCCCN1c1ccc(NC(=O)/C=C/c2ccc(Cl)cc2Cl)cc1. The lowest BCUT2D eigenvalue weighted by Gasteiger charge is -2.35. The highest BCUT2D eigenvalue weighted by Gasteiger charge is 2.18. The highest BCUT2D eigenvalue weighted by atomic mass is 35.5. The van der Waals surface area contributed by atoms with Crippen LogP contribution in [-0.2, 0) is 4.79 Å². The van der Waals surface area contributed by atoms with E-state index in [0.29, 0.717) is 16.1 Å². The van der Waals surface area contributed by atoms with E-state index < -0.39 is 0 Å². The zero-order valence-electron chi connectivity index (χ0n) is 14.7. The lowest BCUT2D eigenvalue weighted by atomic mass is 10.0. The lowest BCUT2D eigenvalue weighted by molar-refractivity contribution is -0.111. The van der Waals surface area contributed by atoms with Crippen LogP contribution in [0.4, 0.5) is 11.4 Å². The van der Waals surface area contributed by atoms with Crippen LogP contribution >= 0.6 is 23.2 Å². The third kappa shape index (κ3) is 4.80. The second-order valence-corrected chi connectivity index (χ2v) is 7.42. The molecule has 1 fully saturated rings. The van der Waals surface area contributed by atoms with Crippen molar-refractivity contribution in [2.75, 3.05) is 16.8 Å². The molecule has 1 amide bonds. The van der Waals surface area contributed by atoms with Crippen LogP contribution < -0.4 is 10.2 Å². The van der Waals surface area contributed by atoms with Crippen molar-refractivity contribution in [2.24, 2.45) is 0 Å². The summed E-state index contributed by atoms with van der Waals surface area (Å²) in [5, 5.41) is 3.96. The Balaban J connectivity index is 1.61. The number of nitrogens with zero attached hydrogens (tertiary/aromatic N) is 1. The van der Waals surface area contributed by atoms with Crippen molar-refractivity contribution in [3.8, 4) is 0 Å². The fourth-order valence-corrected chi connectivity index (χ4v) is 3.68. The molecule has 0 aliphatic carbocycles. The molecule has 0 radical (unpaired) electrons. The van der Waals surface area contributed by atoms with E-state index in [1.54, 1.807) is 24.3 Å². The smallest absolute Gasteiger partial charge is 0.248 e. The first-order valence-corrected chi connectivity index (χ1v) is 9.59. The number of rotatable bonds is 4. The highest BCUT2D eigenvalue weighted by molar-refractivity contribution is 6.35. The summed E-state index contributed by atoms with van der Waals surface area (Å²) in [4.78, 5) is 14.6. The van der Waals surface area contributed by atoms with Crippen LogP contribution in [0.1, 0.15) is 31.7 Å². The number of hydrogen-bond donors (Lipinski definition) is 1. The number of hydrogen-bond acceptors (Lipinski definition) is 2. The van der Waals surface area contributed by atoms with E-state index in [1.807, 2.05) is 12.1 Å². The molecular weight excluding hydrogens is 367 g/mol. The molecule has 2 aromatic rings. The fourth-order valence-electron chi connectivity index (χ4n) is 3.20. The minimum Gasteiger partial charge on any atom is -0.369 e. The number of nitrogens with one attached hydrogen (secondary N) is 1. The first kappa shape index (κ1) is 18.8. The number of anilines is 2. The molecule has 1 heterocycles. The molecule has 3 nitrogen and oxygen atoms in total. The summed E-state index contributed by atoms with van der Waals surface area (Å²) in [6.45, 7) is 3.36. The normalized spacial score (nSPS) is 17.5. The van der Waals surface area contributed by atoms with Gasteiger partial charge in [-0.2, -0.15) is 0 Å². The van der Waals surface area contributed by atoms with E-state index in [1.165, 1.54) is 31.0 Å². The molecule has 0 aromatic heterocycles. The van der Waals surface area contributed by atoms with Gasteiger partial charge in [0.25, 0.3) is 0 Å². The van der Waals surface area contributed by atoms with Gasteiger partial charge in [-0.05, 0) is 74.2 Å².